The molecule has 30 heavy (non-hydrogen) atoms. The summed E-state index contributed by atoms with van der Waals surface area (Å²) in [5, 5.41) is 12.2. The van der Waals surface area contributed by atoms with Crippen molar-refractivity contribution in [1.29, 1.82) is 0 Å². The number of aromatic nitrogens is 3. The van der Waals surface area contributed by atoms with E-state index in [0.29, 0.717) is 23.1 Å². The number of nitrogens with one attached hydrogen (secondary N) is 1. The molecule has 4 aromatic rings. The van der Waals surface area contributed by atoms with Gasteiger partial charge in [-0.05, 0) is 49.1 Å². The third-order valence-corrected chi connectivity index (χ3v) is 5.57. The molecule has 1 aliphatic rings. The SMILES string of the molecule is O=C(NC1CCCc2c1cnn2Cc1ccc(Cl)cc1)c1cc(-c2ccco2)on1. The van der Waals surface area contributed by atoms with Crippen LogP contribution in [0.2, 0.25) is 5.02 Å². The summed E-state index contributed by atoms with van der Waals surface area (Å²) in [7, 11) is 0. The molecule has 0 saturated carbocycles. The van der Waals surface area contributed by atoms with Crippen LogP contribution in [0.25, 0.3) is 11.5 Å². The zero-order valence-corrected chi connectivity index (χ0v) is 16.8. The molecule has 0 aliphatic heterocycles. The molecule has 7 nitrogen and oxygen atoms in total. The van der Waals surface area contributed by atoms with Gasteiger partial charge in [-0.2, -0.15) is 5.10 Å². The van der Waals surface area contributed by atoms with Crippen LogP contribution in [0.5, 0.6) is 0 Å². The summed E-state index contributed by atoms with van der Waals surface area (Å²) in [4.78, 5) is 12.7. The molecule has 0 bridgehead atoms. The highest BCUT2D eigenvalue weighted by Gasteiger charge is 2.27. The van der Waals surface area contributed by atoms with Gasteiger partial charge in [-0.3, -0.25) is 9.48 Å². The first-order valence-electron chi connectivity index (χ1n) is 9.78. The summed E-state index contributed by atoms with van der Waals surface area (Å²) in [5.74, 6) is 0.676. The van der Waals surface area contributed by atoms with Crippen LogP contribution in [0, 0.1) is 0 Å². The fraction of sp³-hybridized carbons (Fsp3) is 0.227. The van der Waals surface area contributed by atoms with Gasteiger partial charge in [0.25, 0.3) is 5.91 Å². The fourth-order valence-electron chi connectivity index (χ4n) is 3.82. The maximum atomic E-state index is 12.7. The molecule has 152 valence electrons. The average molecular weight is 423 g/mol. The van der Waals surface area contributed by atoms with E-state index in [-0.39, 0.29) is 17.6 Å². The topological polar surface area (TPSA) is 86.1 Å². The highest BCUT2D eigenvalue weighted by molar-refractivity contribution is 6.30. The highest BCUT2D eigenvalue weighted by atomic mass is 35.5. The van der Waals surface area contributed by atoms with Crippen molar-refractivity contribution in [3.05, 3.63) is 82.5 Å². The van der Waals surface area contributed by atoms with Crippen LogP contribution in [-0.2, 0) is 13.0 Å². The molecule has 5 rings (SSSR count). The number of benzene rings is 1. The summed E-state index contributed by atoms with van der Waals surface area (Å²) < 4.78 is 12.5. The maximum Gasteiger partial charge on any atom is 0.273 e. The second-order valence-electron chi connectivity index (χ2n) is 7.30. The lowest BCUT2D eigenvalue weighted by molar-refractivity contribution is 0.0923. The van der Waals surface area contributed by atoms with Gasteiger partial charge in [-0.25, -0.2) is 0 Å². The van der Waals surface area contributed by atoms with E-state index in [4.69, 9.17) is 20.5 Å². The first-order chi connectivity index (χ1) is 14.7. The molecule has 1 atom stereocenters. The number of hydrogen-bond donors (Lipinski definition) is 1. The average Bonchev–Trinajstić information content (AvgIpc) is 3.51. The van der Waals surface area contributed by atoms with Gasteiger partial charge in [-0.1, -0.05) is 28.9 Å². The number of rotatable bonds is 5. The van der Waals surface area contributed by atoms with Gasteiger partial charge in [0.1, 0.15) is 0 Å². The van der Waals surface area contributed by atoms with Crippen LogP contribution in [0.3, 0.4) is 0 Å². The Balaban J connectivity index is 1.32. The van der Waals surface area contributed by atoms with Crippen LogP contribution in [0.15, 0.2) is 63.9 Å². The highest BCUT2D eigenvalue weighted by Crippen LogP contribution is 2.30. The van der Waals surface area contributed by atoms with Crippen molar-refractivity contribution in [2.45, 2.75) is 31.8 Å². The van der Waals surface area contributed by atoms with Crippen LogP contribution in [0.1, 0.15) is 46.2 Å². The summed E-state index contributed by atoms with van der Waals surface area (Å²) in [6.07, 6.45) is 6.16. The molecule has 3 aromatic heterocycles. The number of hydrogen-bond acceptors (Lipinski definition) is 5. The molecule has 1 amide bonds. The van der Waals surface area contributed by atoms with E-state index >= 15 is 0 Å². The first-order valence-corrected chi connectivity index (χ1v) is 10.2. The number of carbonyl (C=O) groups excluding carboxylic acids is 1. The molecular weight excluding hydrogens is 404 g/mol. The van der Waals surface area contributed by atoms with Crippen molar-refractivity contribution >= 4 is 17.5 Å². The zero-order chi connectivity index (χ0) is 20.5. The van der Waals surface area contributed by atoms with E-state index in [9.17, 15) is 4.79 Å². The molecule has 8 heteroatoms. The Labute approximate surface area is 177 Å². The second-order valence-corrected chi connectivity index (χ2v) is 7.74. The number of fused-ring (bicyclic) bond motifs is 1. The van der Waals surface area contributed by atoms with E-state index < -0.39 is 0 Å². The van der Waals surface area contributed by atoms with Gasteiger partial charge in [0.05, 0.1) is 25.0 Å². The van der Waals surface area contributed by atoms with Crippen molar-refractivity contribution in [3.8, 4) is 11.5 Å². The molecular formula is C22H19ClN4O3. The van der Waals surface area contributed by atoms with Crippen LogP contribution in [0.4, 0.5) is 0 Å². The van der Waals surface area contributed by atoms with Gasteiger partial charge in [0.2, 0.25) is 5.76 Å². The standard InChI is InChI=1S/C22H19ClN4O3/c23-15-8-6-14(7-9-15)13-27-19-4-1-3-17(16(19)12-24-27)25-22(28)18-11-21(30-26-18)20-5-2-10-29-20/h2,5-12,17H,1,3-4,13H2,(H,25,28). The van der Waals surface area contributed by atoms with Crippen molar-refractivity contribution < 1.29 is 13.7 Å². The van der Waals surface area contributed by atoms with Crippen molar-refractivity contribution in [1.82, 2.24) is 20.3 Å². The Kier molecular flexibility index (Phi) is 4.88. The van der Waals surface area contributed by atoms with Crippen molar-refractivity contribution in [2.75, 3.05) is 0 Å². The lowest BCUT2D eigenvalue weighted by Crippen LogP contribution is -2.31. The molecule has 0 saturated heterocycles. The lowest BCUT2D eigenvalue weighted by atomic mass is 9.92. The minimum atomic E-state index is -0.278. The number of nitrogens with zero attached hydrogens (tertiary/aromatic N) is 3. The predicted molar refractivity (Wildman–Crippen MR) is 110 cm³/mol. The van der Waals surface area contributed by atoms with E-state index in [0.717, 1.165) is 36.1 Å². The normalized spacial score (nSPS) is 15.7. The number of amides is 1. The molecule has 1 aromatic carbocycles. The van der Waals surface area contributed by atoms with E-state index in [1.54, 1.807) is 24.5 Å². The quantitative estimate of drug-likeness (QED) is 0.506. The van der Waals surface area contributed by atoms with Gasteiger partial charge >= 0.3 is 0 Å². The Morgan fingerprint density at radius 2 is 2.10 bits per heavy atom. The Morgan fingerprint density at radius 1 is 1.23 bits per heavy atom. The number of halogens is 1. The third kappa shape index (κ3) is 3.64. The third-order valence-electron chi connectivity index (χ3n) is 5.32. The van der Waals surface area contributed by atoms with E-state index in [1.165, 1.54) is 0 Å². The Bertz CT molecular complexity index is 1160. The second kappa shape index (κ2) is 7.84. The van der Waals surface area contributed by atoms with Gasteiger partial charge in [-0.15, -0.1) is 0 Å². The van der Waals surface area contributed by atoms with E-state index in [1.807, 2.05) is 35.1 Å². The van der Waals surface area contributed by atoms with Crippen molar-refractivity contribution in [2.24, 2.45) is 0 Å². The maximum absolute atomic E-state index is 12.7. The predicted octanol–water partition coefficient (Wildman–Crippen LogP) is 4.64. The van der Waals surface area contributed by atoms with Crippen LogP contribution >= 0.6 is 11.6 Å². The molecule has 0 radical (unpaired) electrons. The van der Waals surface area contributed by atoms with Gasteiger partial charge in [0.15, 0.2) is 11.5 Å². The zero-order valence-electron chi connectivity index (χ0n) is 16.0. The Hall–Kier alpha value is -3.32. The summed E-state index contributed by atoms with van der Waals surface area (Å²) in [6, 6.07) is 12.7. The van der Waals surface area contributed by atoms with Crippen molar-refractivity contribution in [3.63, 3.8) is 0 Å². The number of carbonyl (C=O) groups is 1. The van der Waals surface area contributed by atoms with E-state index in [2.05, 4.69) is 15.6 Å². The lowest BCUT2D eigenvalue weighted by Gasteiger charge is -2.24. The first kappa shape index (κ1) is 18.7. The Morgan fingerprint density at radius 3 is 2.90 bits per heavy atom. The molecule has 0 fully saturated rings. The van der Waals surface area contributed by atoms with Gasteiger partial charge < -0.3 is 14.3 Å². The molecule has 1 N–H and O–H groups in total. The molecule has 1 aliphatic carbocycles. The molecule has 3 heterocycles. The largest absolute Gasteiger partial charge is 0.461 e. The summed E-state index contributed by atoms with van der Waals surface area (Å²) in [6.45, 7) is 0.670. The van der Waals surface area contributed by atoms with Crippen LogP contribution in [-0.4, -0.2) is 20.8 Å². The summed E-state index contributed by atoms with van der Waals surface area (Å²) >= 11 is 5.98. The van der Waals surface area contributed by atoms with Gasteiger partial charge in [0, 0.05) is 22.3 Å². The smallest absolute Gasteiger partial charge is 0.273 e. The molecule has 0 spiro atoms. The minimum absolute atomic E-state index is 0.107. The summed E-state index contributed by atoms with van der Waals surface area (Å²) in [5.41, 5.74) is 3.56. The monoisotopic (exact) mass is 422 g/mol. The minimum Gasteiger partial charge on any atom is -0.461 e. The number of furan rings is 1. The van der Waals surface area contributed by atoms with Crippen LogP contribution < -0.4 is 5.32 Å². The molecule has 1 unspecified atom stereocenters. The fourth-order valence-corrected chi connectivity index (χ4v) is 3.94.